The monoisotopic (exact) mass is 961 g/mol. The third kappa shape index (κ3) is 55.4. The van der Waals surface area contributed by atoms with Crippen molar-refractivity contribution in [1.82, 2.24) is 0 Å². The SMILES string of the molecule is CCCCC/C=C\C/C=C\C/C=C\C/C=C\CCCCCC(=O)OC[C@@H](COC(=O)CCCCCCC/C=C\C/C=C\CCCCC)OC(=O)CCCCCCCCC/C=C\CCCCCCCC. The van der Waals surface area contributed by atoms with Gasteiger partial charge in [-0.3, -0.25) is 14.4 Å². The molecule has 0 N–H and O–H groups in total. The Labute approximate surface area is 426 Å². The average Bonchev–Trinajstić information content (AvgIpc) is 3.35. The van der Waals surface area contributed by atoms with Crippen LogP contribution in [0.15, 0.2) is 85.1 Å². The van der Waals surface area contributed by atoms with Crippen molar-refractivity contribution >= 4 is 17.9 Å². The highest BCUT2D eigenvalue weighted by Gasteiger charge is 2.19. The van der Waals surface area contributed by atoms with Crippen LogP contribution in [-0.4, -0.2) is 37.2 Å². The minimum Gasteiger partial charge on any atom is -0.462 e. The quantitative estimate of drug-likeness (QED) is 0.0262. The van der Waals surface area contributed by atoms with Crippen molar-refractivity contribution in [3.8, 4) is 0 Å². The Hall–Kier alpha value is -3.41. The van der Waals surface area contributed by atoms with Crippen LogP contribution >= 0.6 is 0 Å². The minimum atomic E-state index is -0.799. The first-order valence-corrected chi connectivity index (χ1v) is 29.1. The number of unbranched alkanes of at least 4 members (excludes halogenated alkanes) is 27. The summed E-state index contributed by atoms with van der Waals surface area (Å²) in [7, 11) is 0. The summed E-state index contributed by atoms with van der Waals surface area (Å²) in [6, 6.07) is 0. The summed E-state index contributed by atoms with van der Waals surface area (Å²) in [5, 5.41) is 0. The molecule has 0 aromatic heterocycles. The van der Waals surface area contributed by atoms with Crippen LogP contribution in [0.1, 0.15) is 278 Å². The van der Waals surface area contributed by atoms with Crippen molar-refractivity contribution in [2.24, 2.45) is 0 Å². The molecule has 0 aliphatic heterocycles. The van der Waals surface area contributed by atoms with Crippen molar-refractivity contribution in [1.29, 1.82) is 0 Å². The molecule has 0 aliphatic carbocycles. The van der Waals surface area contributed by atoms with Crippen LogP contribution < -0.4 is 0 Å². The van der Waals surface area contributed by atoms with E-state index in [9.17, 15) is 14.4 Å². The predicted molar refractivity (Wildman–Crippen MR) is 297 cm³/mol. The number of hydrogen-bond donors (Lipinski definition) is 0. The van der Waals surface area contributed by atoms with Crippen molar-refractivity contribution < 1.29 is 28.6 Å². The number of rotatable bonds is 52. The van der Waals surface area contributed by atoms with E-state index in [0.717, 1.165) is 109 Å². The van der Waals surface area contributed by atoms with E-state index in [1.165, 1.54) is 128 Å². The second kappa shape index (κ2) is 57.2. The van der Waals surface area contributed by atoms with Crippen LogP contribution in [0.3, 0.4) is 0 Å². The number of ether oxygens (including phenoxy) is 3. The molecule has 0 unspecified atom stereocenters. The molecule has 0 bridgehead atoms. The van der Waals surface area contributed by atoms with E-state index in [1.54, 1.807) is 0 Å². The van der Waals surface area contributed by atoms with Gasteiger partial charge in [-0.05, 0) is 122 Å². The molecule has 0 rings (SSSR count). The third-order valence-electron chi connectivity index (χ3n) is 12.3. The Morgan fingerprint density at radius 3 is 0.870 bits per heavy atom. The molecular weight excluding hydrogens is 853 g/mol. The zero-order valence-electron chi connectivity index (χ0n) is 45.3. The van der Waals surface area contributed by atoms with Gasteiger partial charge >= 0.3 is 17.9 Å². The van der Waals surface area contributed by atoms with Crippen LogP contribution in [0.2, 0.25) is 0 Å². The molecular formula is C63H108O6. The molecule has 0 radical (unpaired) electrons. The van der Waals surface area contributed by atoms with Gasteiger partial charge in [0.25, 0.3) is 0 Å². The summed E-state index contributed by atoms with van der Waals surface area (Å²) in [6.45, 7) is 6.55. The number of carbonyl (C=O) groups excluding carboxylic acids is 3. The summed E-state index contributed by atoms with van der Waals surface area (Å²) < 4.78 is 16.8. The zero-order chi connectivity index (χ0) is 50.0. The largest absolute Gasteiger partial charge is 0.462 e. The molecule has 1 atom stereocenters. The molecule has 0 aliphatic rings. The lowest BCUT2D eigenvalue weighted by Gasteiger charge is -2.18. The van der Waals surface area contributed by atoms with E-state index in [1.807, 2.05) is 0 Å². The molecule has 69 heavy (non-hydrogen) atoms. The van der Waals surface area contributed by atoms with Gasteiger partial charge in [-0.15, -0.1) is 0 Å². The summed E-state index contributed by atoms with van der Waals surface area (Å²) >= 11 is 0. The minimum absolute atomic E-state index is 0.0958. The van der Waals surface area contributed by atoms with Crippen molar-refractivity contribution in [3.63, 3.8) is 0 Å². The van der Waals surface area contributed by atoms with Crippen LogP contribution in [-0.2, 0) is 28.6 Å². The fourth-order valence-corrected chi connectivity index (χ4v) is 7.92. The predicted octanol–water partition coefficient (Wildman–Crippen LogP) is 19.5. The first kappa shape index (κ1) is 65.6. The van der Waals surface area contributed by atoms with Crippen LogP contribution in [0.25, 0.3) is 0 Å². The molecule has 0 aromatic rings. The Morgan fingerprint density at radius 2 is 0.522 bits per heavy atom. The van der Waals surface area contributed by atoms with Crippen molar-refractivity contribution in [2.75, 3.05) is 13.2 Å². The smallest absolute Gasteiger partial charge is 0.306 e. The van der Waals surface area contributed by atoms with Gasteiger partial charge in [0, 0.05) is 19.3 Å². The first-order valence-electron chi connectivity index (χ1n) is 29.1. The highest BCUT2D eigenvalue weighted by Crippen LogP contribution is 2.14. The third-order valence-corrected chi connectivity index (χ3v) is 12.3. The number of esters is 3. The molecule has 0 saturated heterocycles. The molecule has 6 heteroatoms. The average molecular weight is 962 g/mol. The van der Waals surface area contributed by atoms with Gasteiger partial charge in [-0.1, -0.05) is 221 Å². The van der Waals surface area contributed by atoms with Gasteiger partial charge in [-0.2, -0.15) is 0 Å². The Bertz CT molecular complexity index is 1330. The van der Waals surface area contributed by atoms with Gasteiger partial charge in [0.2, 0.25) is 0 Å². The molecule has 396 valence electrons. The number of carbonyl (C=O) groups is 3. The highest BCUT2D eigenvalue weighted by molar-refractivity contribution is 5.71. The summed E-state index contributed by atoms with van der Waals surface area (Å²) in [6.07, 6.45) is 74.2. The second-order valence-electron chi connectivity index (χ2n) is 19.2. The van der Waals surface area contributed by atoms with Gasteiger partial charge in [-0.25, -0.2) is 0 Å². The van der Waals surface area contributed by atoms with Crippen LogP contribution in [0.4, 0.5) is 0 Å². The van der Waals surface area contributed by atoms with Gasteiger partial charge in [0.1, 0.15) is 13.2 Å². The molecule has 0 saturated carbocycles. The van der Waals surface area contributed by atoms with E-state index in [4.69, 9.17) is 14.2 Å². The molecule has 0 spiro atoms. The van der Waals surface area contributed by atoms with Crippen LogP contribution in [0, 0.1) is 0 Å². The Morgan fingerprint density at radius 1 is 0.290 bits per heavy atom. The van der Waals surface area contributed by atoms with Gasteiger partial charge < -0.3 is 14.2 Å². The normalized spacial score (nSPS) is 12.7. The van der Waals surface area contributed by atoms with E-state index in [0.29, 0.717) is 19.3 Å². The molecule has 0 amide bonds. The lowest BCUT2D eigenvalue weighted by atomic mass is 10.1. The number of hydrogen-bond acceptors (Lipinski definition) is 6. The van der Waals surface area contributed by atoms with Crippen LogP contribution in [0.5, 0.6) is 0 Å². The second-order valence-corrected chi connectivity index (χ2v) is 19.2. The summed E-state index contributed by atoms with van der Waals surface area (Å²) in [4.78, 5) is 38.2. The van der Waals surface area contributed by atoms with Crippen molar-refractivity contribution in [3.05, 3.63) is 85.1 Å². The van der Waals surface area contributed by atoms with E-state index in [2.05, 4.69) is 106 Å². The van der Waals surface area contributed by atoms with Crippen molar-refractivity contribution in [2.45, 2.75) is 284 Å². The molecule has 0 aromatic carbocycles. The van der Waals surface area contributed by atoms with E-state index < -0.39 is 6.10 Å². The lowest BCUT2D eigenvalue weighted by molar-refractivity contribution is -0.167. The van der Waals surface area contributed by atoms with E-state index in [-0.39, 0.29) is 31.1 Å². The topological polar surface area (TPSA) is 78.9 Å². The molecule has 6 nitrogen and oxygen atoms in total. The maximum Gasteiger partial charge on any atom is 0.306 e. The lowest BCUT2D eigenvalue weighted by Crippen LogP contribution is -2.30. The highest BCUT2D eigenvalue weighted by atomic mass is 16.6. The summed E-state index contributed by atoms with van der Waals surface area (Å²) in [5.41, 5.74) is 0. The molecule has 0 fully saturated rings. The zero-order valence-corrected chi connectivity index (χ0v) is 45.3. The standard InChI is InChI=1S/C63H108O6/c1-4-7-10-13-16-19-22-25-28-30-31-33-35-38-41-44-47-50-53-56-62(65)68-59-60(58-67-61(64)55-52-49-46-43-40-37-34-27-24-21-18-15-12-9-6-3)69-63(66)57-54-51-48-45-42-39-36-32-29-26-23-20-17-14-11-8-5-2/h16,18-19,21,25-29,31,33-34,38,41,60H,4-15,17,20,22-24,30,32,35-37,39-40,42-59H2,1-3H3/b19-16-,21-18-,28-25-,29-26-,33-31-,34-27-,41-38-/t60-/m1/s1. The molecule has 0 heterocycles. The maximum atomic E-state index is 12.9. The Kier molecular flexibility index (Phi) is 54.3. The summed E-state index contributed by atoms with van der Waals surface area (Å²) in [5.74, 6) is -0.939. The van der Waals surface area contributed by atoms with Gasteiger partial charge in [0.15, 0.2) is 6.10 Å². The fourth-order valence-electron chi connectivity index (χ4n) is 7.92. The van der Waals surface area contributed by atoms with E-state index >= 15 is 0 Å². The maximum absolute atomic E-state index is 12.9. The fraction of sp³-hybridized carbons (Fsp3) is 0.730. The van der Waals surface area contributed by atoms with Gasteiger partial charge in [0.05, 0.1) is 0 Å². The Balaban J connectivity index is 4.47. The first-order chi connectivity index (χ1) is 34.0. The number of allylic oxidation sites excluding steroid dienone is 14.